The molecule has 22 heavy (non-hydrogen) atoms. The minimum Gasteiger partial charge on any atom is -0.465 e. The largest absolute Gasteiger partial charge is 0.465 e. The smallest absolute Gasteiger partial charge is 0.339 e. The second kappa shape index (κ2) is 6.70. The average Bonchev–Trinajstić information content (AvgIpc) is 2.53. The normalized spacial score (nSPS) is 10.3. The third-order valence-electron chi connectivity index (χ3n) is 2.85. The fourth-order valence-corrected chi connectivity index (χ4v) is 1.82. The Balaban J connectivity index is 2.33. The highest BCUT2D eigenvalue weighted by Gasteiger charge is 2.10. The minimum absolute atomic E-state index is 0.132. The number of fused-ring (bicyclic) bond motifs is 1. The van der Waals surface area contributed by atoms with Crippen LogP contribution in [0.25, 0.3) is 5.65 Å². The predicted molar refractivity (Wildman–Crippen MR) is 77.9 cm³/mol. The number of hydrogen-bond donors (Lipinski definition) is 1. The Morgan fingerprint density at radius 3 is 2.82 bits per heavy atom. The molecule has 0 aliphatic carbocycles. The van der Waals surface area contributed by atoms with Crippen LogP contribution in [0.15, 0.2) is 29.3 Å². The van der Waals surface area contributed by atoms with Crippen molar-refractivity contribution in [3.63, 3.8) is 0 Å². The number of ether oxygens (including phenoxy) is 2. The number of methoxy groups -OCH3 is 1. The summed E-state index contributed by atoms with van der Waals surface area (Å²) in [6, 6.07) is 3.04. The molecule has 0 saturated heterocycles. The first-order chi connectivity index (χ1) is 10.6. The maximum absolute atomic E-state index is 12.3. The van der Waals surface area contributed by atoms with Gasteiger partial charge >= 0.3 is 11.9 Å². The van der Waals surface area contributed by atoms with Gasteiger partial charge in [-0.3, -0.25) is 14.0 Å². The molecule has 0 unspecified atom stereocenters. The molecule has 8 heteroatoms. The highest BCUT2D eigenvalue weighted by atomic mass is 16.5. The highest BCUT2D eigenvalue weighted by molar-refractivity contribution is 5.89. The monoisotopic (exact) mass is 305 g/mol. The standard InChI is InChI=1S/C14H15N3O5/c1-3-22-12(18)7-15-10-6-16-11-5-4-9(14(20)21-2)8-17(11)13(10)19/h4-6,8,15H,3,7H2,1-2H3. The molecule has 0 spiro atoms. The van der Waals surface area contributed by atoms with Gasteiger partial charge in [0.05, 0.1) is 25.5 Å². The van der Waals surface area contributed by atoms with E-state index < -0.39 is 17.5 Å². The van der Waals surface area contributed by atoms with E-state index in [0.29, 0.717) is 5.65 Å². The number of nitrogens with one attached hydrogen (secondary N) is 1. The van der Waals surface area contributed by atoms with Crippen LogP contribution in [-0.4, -0.2) is 41.6 Å². The Bertz CT molecular complexity index is 769. The van der Waals surface area contributed by atoms with E-state index in [1.807, 2.05) is 0 Å². The SMILES string of the molecule is CCOC(=O)CNc1cnc2ccc(C(=O)OC)cn2c1=O. The summed E-state index contributed by atoms with van der Waals surface area (Å²) in [5, 5.41) is 2.67. The zero-order chi connectivity index (χ0) is 16.1. The molecule has 0 amide bonds. The maximum atomic E-state index is 12.3. The van der Waals surface area contributed by atoms with Crippen molar-refractivity contribution >= 4 is 23.3 Å². The van der Waals surface area contributed by atoms with Crippen molar-refractivity contribution in [2.45, 2.75) is 6.92 Å². The second-order valence-electron chi connectivity index (χ2n) is 4.27. The summed E-state index contributed by atoms with van der Waals surface area (Å²) >= 11 is 0. The van der Waals surface area contributed by atoms with Gasteiger partial charge in [0.2, 0.25) is 0 Å². The van der Waals surface area contributed by atoms with E-state index in [-0.39, 0.29) is 24.4 Å². The Hall–Kier alpha value is -2.90. The van der Waals surface area contributed by atoms with Gasteiger partial charge < -0.3 is 14.8 Å². The number of carbonyl (C=O) groups excluding carboxylic acids is 2. The van der Waals surface area contributed by atoms with Crippen LogP contribution < -0.4 is 10.9 Å². The molecule has 2 heterocycles. The van der Waals surface area contributed by atoms with E-state index in [9.17, 15) is 14.4 Å². The van der Waals surface area contributed by atoms with Gasteiger partial charge in [-0.05, 0) is 19.1 Å². The summed E-state index contributed by atoms with van der Waals surface area (Å²) < 4.78 is 10.6. The van der Waals surface area contributed by atoms with Crippen molar-refractivity contribution in [1.29, 1.82) is 0 Å². The van der Waals surface area contributed by atoms with Crippen LogP contribution in [0.4, 0.5) is 5.69 Å². The summed E-state index contributed by atoms with van der Waals surface area (Å²) in [7, 11) is 1.25. The number of carbonyl (C=O) groups is 2. The van der Waals surface area contributed by atoms with E-state index in [2.05, 4.69) is 15.0 Å². The van der Waals surface area contributed by atoms with Gasteiger partial charge in [-0.25, -0.2) is 9.78 Å². The van der Waals surface area contributed by atoms with Crippen LogP contribution in [-0.2, 0) is 14.3 Å². The van der Waals surface area contributed by atoms with Gasteiger partial charge in [-0.15, -0.1) is 0 Å². The summed E-state index contributed by atoms with van der Waals surface area (Å²) in [5.41, 5.74) is 0.299. The van der Waals surface area contributed by atoms with Crippen LogP contribution in [0.5, 0.6) is 0 Å². The molecule has 116 valence electrons. The third-order valence-corrected chi connectivity index (χ3v) is 2.85. The number of hydrogen-bond acceptors (Lipinski definition) is 7. The number of anilines is 1. The molecule has 0 radical (unpaired) electrons. The molecule has 0 atom stereocenters. The van der Waals surface area contributed by atoms with Gasteiger partial charge in [0, 0.05) is 6.20 Å². The van der Waals surface area contributed by atoms with Crippen LogP contribution in [0.1, 0.15) is 17.3 Å². The lowest BCUT2D eigenvalue weighted by Crippen LogP contribution is -2.24. The molecule has 1 N–H and O–H groups in total. The molecule has 2 aromatic rings. The molecular formula is C14H15N3O5. The van der Waals surface area contributed by atoms with Crippen molar-refractivity contribution in [2.75, 3.05) is 25.6 Å². The average molecular weight is 305 g/mol. The number of aromatic nitrogens is 2. The molecule has 0 fully saturated rings. The zero-order valence-electron chi connectivity index (χ0n) is 12.2. The summed E-state index contributed by atoms with van der Waals surface area (Å²) in [6.45, 7) is 1.81. The maximum Gasteiger partial charge on any atom is 0.339 e. The van der Waals surface area contributed by atoms with Crippen LogP contribution >= 0.6 is 0 Å². The first-order valence-corrected chi connectivity index (χ1v) is 6.56. The fourth-order valence-electron chi connectivity index (χ4n) is 1.82. The van der Waals surface area contributed by atoms with Crippen molar-refractivity contribution in [2.24, 2.45) is 0 Å². The number of pyridine rings is 1. The molecule has 0 aliphatic heterocycles. The molecule has 0 saturated carbocycles. The molecule has 2 rings (SSSR count). The fraction of sp³-hybridized carbons (Fsp3) is 0.286. The van der Waals surface area contributed by atoms with E-state index in [1.165, 1.54) is 36.0 Å². The Labute approximate surface area is 125 Å². The van der Waals surface area contributed by atoms with Gasteiger partial charge in [0.15, 0.2) is 0 Å². The molecule has 8 nitrogen and oxygen atoms in total. The zero-order valence-corrected chi connectivity index (χ0v) is 12.2. The van der Waals surface area contributed by atoms with Gasteiger partial charge in [0.25, 0.3) is 5.56 Å². The quantitative estimate of drug-likeness (QED) is 0.801. The Kier molecular flexibility index (Phi) is 4.72. The summed E-state index contributed by atoms with van der Waals surface area (Å²) in [5.74, 6) is -1.03. The topological polar surface area (TPSA) is 99.0 Å². The second-order valence-corrected chi connectivity index (χ2v) is 4.27. The third kappa shape index (κ3) is 3.22. The van der Waals surface area contributed by atoms with Crippen LogP contribution in [0, 0.1) is 0 Å². The molecular weight excluding hydrogens is 290 g/mol. The molecule has 0 aromatic carbocycles. The predicted octanol–water partition coefficient (Wildman–Crippen LogP) is 0.456. The molecule has 0 aliphatic rings. The van der Waals surface area contributed by atoms with Crippen LogP contribution in [0.2, 0.25) is 0 Å². The van der Waals surface area contributed by atoms with Crippen molar-refractivity contribution < 1.29 is 19.1 Å². The van der Waals surface area contributed by atoms with E-state index in [4.69, 9.17) is 4.74 Å². The number of rotatable bonds is 5. The summed E-state index contributed by atoms with van der Waals surface area (Å²) in [6.07, 6.45) is 2.67. The minimum atomic E-state index is -0.557. The molecule has 2 aromatic heterocycles. The lowest BCUT2D eigenvalue weighted by atomic mass is 10.3. The van der Waals surface area contributed by atoms with E-state index in [1.54, 1.807) is 6.92 Å². The first kappa shape index (κ1) is 15.5. The Morgan fingerprint density at radius 1 is 1.36 bits per heavy atom. The van der Waals surface area contributed by atoms with Crippen molar-refractivity contribution in [3.05, 3.63) is 40.4 Å². The summed E-state index contributed by atoms with van der Waals surface area (Å²) in [4.78, 5) is 39.2. The lowest BCUT2D eigenvalue weighted by molar-refractivity contribution is -0.140. The van der Waals surface area contributed by atoms with Gasteiger partial charge in [-0.1, -0.05) is 0 Å². The Morgan fingerprint density at radius 2 is 2.14 bits per heavy atom. The van der Waals surface area contributed by atoms with E-state index >= 15 is 0 Å². The van der Waals surface area contributed by atoms with Gasteiger partial charge in [-0.2, -0.15) is 0 Å². The number of nitrogens with zero attached hydrogens (tertiary/aromatic N) is 2. The first-order valence-electron chi connectivity index (χ1n) is 6.56. The highest BCUT2D eigenvalue weighted by Crippen LogP contribution is 2.06. The van der Waals surface area contributed by atoms with Gasteiger partial charge in [0.1, 0.15) is 17.9 Å². The molecule has 0 bridgehead atoms. The van der Waals surface area contributed by atoms with Crippen molar-refractivity contribution in [3.8, 4) is 0 Å². The van der Waals surface area contributed by atoms with Crippen molar-refractivity contribution in [1.82, 2.24) is 9.38 Å². The lowest BCUT2D eigenvalue weighted by Gasteiger charge is -2.07. The van der Waals surface area contributed by atoms with E-state index in [0.717, 1.165) is 0 Å². The van der Waals surface area contributed by atoms with Crippen LogP contribution in [0.3, 0.4) is 0 Å². The number of esters is 2.